The first-order valence-corrected chi connectivity index (χ1v) is 28.9. The van der Waals surface area contributed by atoms with Gasteiger partial charge in [0.2, 0.25) is 5.91 Å². The summed E-state index contributed by atoms with van der Waals surface area (Å²) >= 11 is 0. The van der Waals surface area contributed by atoms with E-state index in [9.17, 15) is 19.4 Å². The molecule has 0 fully saturated rings. The summed E-state index contributed by atoms with van der Waals surface area (Å²) in [5.41, 5.74) is 0. The normalized spacial score (nSPS) is 14.3. The van der Waals surface area contributed by atoms with Gasteiger partial charge < -0.3 is 19.8 Å². The van der Waals surface area contributed by atoms with Gasteiger partial charge in [0.15, 0.2) is 0 Å². The van der Waals surface area contributed by atoms with Gasteiger partial charge in [-0.25, -0.2) is 4.57 Å². The fraction of sp³-hybridized carbons (Fsp3) is 0.873. The molecule has 8 nitrogen and oxygen atoms in total. The zero-order chi connectivity index (χ0) is 47.1. The molecular weight excluding hydrogens is 816 g/mol. The molecule has 0 saturated carbocycles. The van der Waals surface area contributed by atoms with Crippen molar-refractivity contribution in [3.8, 4) is 0 Å². The van der Waals surface area contributed by atoms with Crippen molar-refractivity contribution >= 4 is 13.7 Å². The lowest BCUT2D eigenvalue weighted by molar-refractivity contribution is -0.870. The van der Waals surface area contributed by atoms with Crippen molar-refractivity contribution in [3.05, 3.63) is 36.5 Å². The van der Waals surface area contributed by atoms with E-state index >= 15 is 0 Å². The lowest BCUT2D eigenvalue weighted by atomic mass is 10.0. The third-order valence-corrected chi connectivity index (χ3v) is 13.3. The number of allylic oxidation sites excluding steroid dienone is 5. The van der Waals surface area contributed by atoms with Crippen LogP contribution < -0.4 is 5.32 Å². The maximum absolute atomic E-state index is 12.9. The van der Waals surface area contributed by atoms with Crippen LogP contribution in [0.1, 0.15) is 258 Å². The molecule has 64 heavy (non-hydrogen) atoms. The lowest BCUT2D eigenvalue weighted by Gasteiger charge is -2.25. The number of phosphoric acid groups is 1. The number of aliphatic hydroxyl groups excluding tert-OH is 1. The third kappa shape index (κ3) is 48.6. The zero-order valence-electron chi connectivity index (χ0n) is 43.0. The number of hydrogen-bond acceptors (Lipinski definition) is 5. The molecule has 1 amide bonds. The van der Waals surface area contributed by atoms with Gasteiger partial charge in [-0.3, -0.25) is 13.8 Å². The van der Waals surface area contributed by atoms with Crippen LogP contribution in [0.3, 0.4) is 0 Å². The Hall–Kier alpha value is -1.28. The molecule has 0 aliphatic heterocycles. The standard InChI is InChI=1S/C55H107N2O6P/c1-6-8-10-12-14-16-18-20-22-24-26-28-30-32-34-36-38-40-42-44-46-48-54(58)53(52-63-64(60,61)62-51-50-57(3,4)5)56-55(59)49-47-45-43-41-39-37-35-33-31-29-27-25-23-21-19-17-15-13-11-9-7-2/h29,31,38,40,46,48,53-54,58H,6-28,30,32-37,39,41-45,47,49-52H2,1-5H3,(H-,56,59,60,61)/p+1/b31-29-,40-38+,48-46+. The first-order valence-electron chi connectivity index (χ1n) is 27.4. The molecule has 0 saturated heterocycles. The molecule has 3 atom stereocenters. The Labute approximate surface area is 397 Å². The number of nitrogens with one attached hydrogen (secondary N) is 1. The van der Waals surface area contributed by atoms with Gasteiger partial charge in [0.25, 0.3) is 0 Å². The molecule has 3 N–H and O–H groups in total. The number of unbranched alkanes of at least 4 members (excludes halogenated alkanes) is 33. The summed E-state index contributed by atoms with van der Waals surface area (Å²) in [7, 11) is 1.56. The summed E-state index contributed by atoms with van der Waals surface area (Å²) in [5.74, 6) is -0.189. The summed E-state index contributed by atoms with van der Waals surface area (Å²) in [6.07, 6.45) is 59.5. The van der Waals surface area contributed by atoms with E-state index in [0.29, 0.717) is 17.4 Å². The van der Waals surface area contributed by atoms with E-state index in [0.717, 1.165) is 38.5 Å². The molecule has 0 bridgehead atoms. The van der Waals surface area contributed by atoms with Gasteiger partial charge in [-0.1, -0.05) is 230 Å². The lowest BCUT2D eigenvalue weighted by Crippen LogP contribution is -2.45. The molecule has 3 unspecified atom stereocenters. The Bertz CT molecular complexity index is 1140. The molecule has 378 valence electrons. The number of likely N-dealkylation sites (N-methyl/N-ethyl adjacent to an activating group) is 1. The number of carbonyl (C=O) groups is 1. The van der Waals surface area contributed by atoms with Crippen LogP contribution >= 0.6 is 7.82 Å². The smallest absolute Gasteiger partial charge is 0.387 e. The molecule has 0 aliphatic rings. The minimum atomic E-state index is -4.35. The SMILES string of the molecule is CCCCCCCCCCCC/C=C\CCCCCCCCCC(=O)NC(COP(=O)(O)OCC[N+](C)(C)C)C(O)/C=C/CC/C=C/CCCCCCCCCCCCCCCCC. The minimum absolute atomic E-state index is 0.0558. The second-order valence-electron chi connectivity index (χ2n) is 19.9. The maximum Gasteiger partial charge on any atom is 0.472 e. The minimum Gasteiger partial charge on any atom is -0.387 e. The molecule has 0 heterocycles. The molecule has 0 radical (unpaired) electrons. The van der Waals surface area contributed by atoms with E-state index in [4.69, 9.17) is 9.05 Å². The van der Waals surface area contributed by atoms with Crippen LogP contribution in [0.4, 0.5) is 0 Å². The van der Waals surface area contributed by atoms with Crippen LogP contribution in [0.15, 0.2) is 36.5 Å². The highest BCUT2D eigenvalue weighted by atomic mass is 31.2. The Morgan fingerprint density at radius 1 is 0.516 bits per heavy atom. The van der Waals surface area contributed by atoms with E-state index in [1.54, 1.807) is 6.08 Å². The van der Waals surface area contributed by atoms with Gasteiger partial charge in [-0.2, -0.15) is 0 Å². The summed E-state index contributed by atoms with van der Waals surface area (Å²) in [6, 6.07) is -0.865. The van der Waals surface area contributed by atoms with Gasteiger partial charge in [-0.05, 0) is 57.8 Å². The zero-order valence-corrected chi connectivity index (χ0v) is 43.9. The number of nitrogens with zero attached hydrogens (tertiary/aromatic N) is 1. The summed E-state index contributed by atoms with van der Waals surface area (Å²) < 4.78 is 23.7. The molecule has 0 spiro atoms. The van der Waals surface area contributed by atoms with Gasteiger partial charge >= 0.3 is 7.82 Å². The quantitative estimate of drug-likeness (QED) is 0.0243. The number of rotatable bonds is 50. The highest BCUT2D eigenvalue weighted by Crippen LogP contribution is 2.43. The highest BCUT2D eigenvalue weighted by Gasteiger charge is 2.27. The Morgan fingerprint density at radius 3 is 1.25 bits per heavy atom. The Morgan fingerprint density at radius 2 is 0.859 bits per heavy atom. The first-order chi connectivity index (χ1) is 31.0. The van der Waals surface area contributed by atoms with Crippen molar-refractivity contribution in [2.45, 2.75) is 270 Å². The average molecular weight is 924 g/mol. The van der Waals surface area contributed by atoms with Gasteiger partial charge in [-0.15, -0.1) is 0 Å². The molecular formula is C55H108N2O6P+. The fourth-order valence-electron chi connectivity index (χ4n) is 7.99. The molecule has 0 aromatic heterocycles. The summed E-state index contributed by atoms with van der Waals surface area (Å²) in [4.78, 5) is 23.2. The van der Waals surface area contributed by atoms with E-state index in [1.807, 2.05) is 27.2 Å². The number of hydrogen-bond donors (Lipinski definition) is 3. The first kappa shape index (κ1) is 62.7. The van der Waals surface area contributed by atoms with Crippen molar-refractivity contribution < 1.29 is 32.9 Å². The largest absolute Gasteiger partial charge is 0.472 e. The predicted octanol–water partition coefficient (Wildman–Crippen LogP) is 16.2. The van der Waals surface area contributed by atoms with E-state index in [1.165, 1.54) is 199 Å². The molecule has 0 rings (SSSR count). The van der Waals surface area contributed by atoms with Crippen LogP contribution in [0.5, 0.6) is 0 Å². The number of carbonyl (C=O) groups excluding carboxylic acids is 1. The fourth-order valence-corrected chi connectivity index (χ4v) is 8.73. The molecule has 0 aromatic rings. The van der Waals surface area contributed by atoms with Crippen LogP contribution in [0, 0.1) is 0 Å². The third-order valence-electron chi connectivity index (χ3n) is 12.3. The van der Waals surface area contributed by atoms with Crippen molar-refractivity contribution in [1.82, 2.24) is 5.32 Å². The summed E-state index contributed by atoms with van der Waals surface area (Å²) in [5, 5.41) is 13.9. The number of aliphatic hydroxyl groups is 1. The van der Waals surface area contributed by atoms with Crippen molar-refractivity contribution in [2.75, 3.05) is 40.9 Å². The van der Waals surface area contributed by atoms with Crippen LogP contribution in [0.25, 0.3) is 0 Å². The Kier molecular flexibility index (Phi) is 45.9. The van der Waals surface area contributed by atoms with Crippen molar-refractivity contribution in [2.24, 2.45) is 0 Å². The number of phosphoric ester groups is 1. The van der Waals surface area contributed by atoms with Gasteiger partial charge in [0.05, 0.1) is 39.9 Å². The van der Waals surface area contributed by atoms with Crippen LogP contribution in [-0.4, -0.2) is 73.4 Å². The number of quaternary nitrogens is 1. The molecule has 0 aromatic carbocycles. The van der Waals surface area contributed by atoms with Crippen molar-refractivity contribution in [3.63, 3.8) is 0 Å². The van der Waals surface area contributed by atoms with Gasteiger partial charge in [0.1, 0.15) is 13.2 Å². The molecule has 0 aliphatic carbocycles. The Balaban J connectivity index is 4.31. The van der Waals surface area contributed by atoms with Crippen LogP contribution in [-0.2, 0) is 18.4 Å². The van der Waals surface area contributed by atoms with E-state index in [-0.39, 0.29) is 19.1 Å². The monoisotopic (exact) mass is 924 g/mol. The second kappa shape index (κ2) is 46.8. The maximum atomic E-state index is 12.9. The predicted molar refractivity (Wildman–Crippen MR) is 277 cm³/mol. The molecule has 9 heteroatoms. The highest BCUT2D eigenvalue weighted by molar-refractivity contribution is 7.47. The van der Waals surface area contributed by atoms with Crippen LogP contribution in [0.2, 0.25) is 0 Å². The van der Waals surface area contributed by atoms with E-state index in [2.05, 4.69) is 43.5 Å². The van der Waals surface area contributed by atoms with Gasteiger partial charge in [0, 0.05) is 6.42 Å². The topological polar surface area (TPSA) is 105 Å². The average Bonchev–Trinajstić information content (AvgIpc) is 3.25. The number of amides is 1. The van der Waals surface area contributed by atoms with Crippen molar-refractivity contribution in [1.29, 1.82) is 0 Å². The summed E-state index contributed by atoms with van der Waals surface area (Å²) in [6.45, 7) is 4.82. The second-order valence-corrected chi connectivity index (χ2v) is 21.4. The van der Waals surface area contributed by atoms with E-state index < -0.39 is 20.0 Å².